The first kappa shape index (κ1) is 31.8. The molecule has 4 heterocycles. The highest BCUT2D eigenvalue weighted by molar-refractivity contribution is 7.90. The van der Waals surface area contributed by atoms with E-state index in [-0.39, 0.29) is 40.5 Å². The zero-order valence-corrected chi connectivity index (χ0v) is 26.5. The van der Waals surface area contributed by atoms with Gasteiger partial charge in [0.25, 0.3) is 21.8 Å². The molecule has 254 valence electrons. The predicted molar refractivity (Wildman–Crippen MR) is 163 cm³/mol. The number of amides is 3. The van der Waals surface area contributed by atoms with Gasteiger partial charge in [-0.25, -0.2) is 22.7 Å². The van der Waals surface area contributed by atoms with Crippen molar-refractivity contribution in [3.8, 4) is 16.9 Å². The van der Waals surface area contributed by atoms with Crippen LogP contribution in [-0.2, 0) is 21.0 Å². The summed E-state index contributed by atoms with van der Waals surface area (Å²) in [5.74, 6) is -2.54. The topological polar surface area (TPSA) is 154 Å². The molecule has 0 radical (unpaired) electrons. The van der Waals surface area contributed by atoms with Crippen molar-refractivity contribution in [1.29, 1.82) is 0 Å². The maximum atomic E-state index is 13.5. The van der Waals surface area contributed by atoms with Crippen LogP contribution in [0.2, 0.25) is 0 Å². The largest absolute Gasteiger partial charge is 0.435 e. The summed E-state index contributed by atoms with van der Waals surface area (Å²) in [6.07, 6.45) is -5.73. The number of imide groups is 1. The zero-order valence-electron chi connectivity index (χ0n) is 25.7. The second-order valence-corrected chi connectivity index (χ2v) is 13.2. The standard InChI is InChI=1S/C31H26F3N7O7S/c1-18-7-9-20(10-8-18)26-15-27(31(32,33)34)35-39(26)22-11-13-23(14-12-22)49(45,46)36-28(42)21-16-37(17-21)40-41(48-40)47-19(2)38-29(43)24-5-3-4-6-25(24)30(38)44/h3-15,19,21H,16-17H2,1-2H3,(H,36,42). The van der Waals surface area contributed by atoms with Gasteiger partial charge in [0.05, 0.1) is 46.4 Å². The zero-order chi connectivity index (χ0) is 34.8. The monoisotopic (exact) mass is 697 g/mol. The van der Waals surface area contributed by atoms with E-state index in [9.17, 15) is 36.0 Å². The lowest BCUT2D eigenvalue weighted by Crippen LogP contribution is -2.58. The number of rotatable bonds is 9. The average molecular weight is 698 g/mol. The molecule has 1 unspecified atom stereocenters. The number of aromatic nitrogens is 4. The summed E-state index contributed by atoms with van der Waals surface area (Å²) < 4.78 is 75.0. The number of nitrogens with zero attached hydrogens (tertiary/aromatic N) is 6. The van der Waals surface area contributed by atoms with Crippen molar-refractivity contribution in [1.82, 2.24) is 29.4 Å². The molecule has 1 saturated heterocycles. The first-order chi connectivity index (χ1) is 23.2. The first-order valence-electron chi connectivity index (χ1n) is 14.8. The van der Waals surface area contributed by atoms with Gasteiger partial charge >= 0.3 is 6.18 Å². The molecule has 0 saturated carbocycles. The molecule has 18 heteroatoms. The Bertz CT molecular complexity index is 2160. The smallest absolute Gasteiger partial charge is 0.340 e. The molecule has 49 heavy (non-hydrogen) atoms. The number of benzene rings is 3. The molecule has 3 amide bonds. The van der Waals surface area contributed by atoms with Crippen LogP contribution in [0.3, 0.4) is 0 Å². The highest BCUT2D eigenvalue weighted by Crippen LogP contribution is 2.33. The maximum Gasteiger partial charge on any atom is 0.435 e. The fourth-order valence-electron chi connectivity index (χ4n) is 5.42. The van der Waals surface area contributed by atoms with Crippen molar-refractivity contribution in [3.05, 3.63) is 101 Å². The van der Waals surface area contributed by atoms with Crippen molar-refractivity contribution in [3.63, 3.8) is 0 Å². The van der Waals surface area contributed by atoms with Crippen molar-refractivity contribution < 1.29 is 45.4 Å². The summed E-state index contributed by atoms with van der Waals surface area (Å²) in [7, 11) is -4.33. The van der Waals surface area contributed by atoms with E-state index >= 15 is 0 Å². The Morgan fingerprint density at radius 3 is 2.18 bits per heavy atom. The Labute approximate surface area is 275 Å². The minimum atomic E-state index is -4.70. The molecule has 0 bridgehead atoms. The Hall–Kier alpha value is -5.78. The second-order valence-electron chi connectivity index (χ2n) is 11.5. The number of alkyl halides is 3. The van der Waals surface area contributed by atoms with Crippen LogP contribution in [0.25, 0.3) is 16.9 Å². The van der Waals surface area contributed by atoms with E-state index in [1.165, 1.54) is 36.2 Å². The number of carbonyl (C=O) groups is 3. The molecule has 2 aliphatic rings. The number of halogens is 3. The van der Waals surface area contributed by atoms with Gasteiger partial charge in [-0.1, -0.05) is 42.0 Å². The maximum absolute atomic E-state index is 13.5. The lowest BCUT2D eigenvalue weighted by molar-refractivity contribution is -0.141. The van der Waals surface area contributed by atoms with Gasteiger partial charge in [-0.3, -0.25) is 19.4 Å². The van der Waals surface area contributed by atoms with E-state index in [1.54, 1.807) is 48.5 Å². The Morgan fingerprint density at radius 1 is 0.980 bits per heavy atom. The number of fused-ring (bicyclic) bond motifs is 1. The summed E-state index contributed by atoms with van der Waals surface area (Å²) in [6.45, 7) is 3.45. The van der Waals surface area contributed by atoms with Crippen molar-refractivity contribution >= 4 is 27.7 Å². The van der Waals surface area contributed by atoms with Gasteiger partial charge in [0.15, 0.2) is 5.69 Å². The number of hydrogen-bond donors (Lipinski definition) is 1. The Balaban J connectivity index is 0.967. The third-order valence-electron chi connectivity index (χ3n) is 8.14. The van der Waals surface area contributed by atoms with Gasteiger partial charge in [0.1, 0.15) is 5.02 Å². The molecule has 7 rings (SSSR count). The van der Waals surface area contributed by atoms with Gasteiger partial charge in [-0.2, -0.15) is 22.9 Å². The van der Waals surface area contributed by atoms with Crippen LogP contribution in [0.15, 0.2) is 88.4 Å². The van der Waals surface area contributed by atoms with Crippen LogP contribution in [0.5, 0.6) is 0 Å². The van der Waals surface area contributed by atoms with Crippen LogP contribution >= 0.6 is 0 Å². The lowest BCUT2D eigenvalue weighted by Gasteiger charge is -2.34. The molecule has 1 atom stereocenters. The minimum absolute atomic E-state index is 0.0597. The Kier molecular flexibility index (Phi) is 7.42. The summed E-state index contributed by atoms with van der Waals surface area (Å²) >= 11 is 0. The van der Waals surface area contributed by atoms with Gasteiger partial charge in [0, 0.05) is 10.5 Å². The van der Waals surface area contributed by atoms with Gasteiger partial charge in [-0.15, -0.1) is 0 Å². The van der Waals surface area contributed by atoms with Crippen LogP contribution in [0, 0.1) is 12.8 Å². The molecular formula is C31H26F3N7O7S. The van der Waals surface area contributed by atoms with Crippen LogP contribution in [-0.4, -0.2) is 70.1 Å². The first-order valence-corrected chi connectivity index (χ1v) is 16.3. The third-order valence-corrected chi connectivity index (χ3v) is 9.50. The summed E-state index contributed by atoms with van der Waals surface area (Å²) in [5, 5.41) is 6.16. The molecule has 2 aliphatic heterocycles. The Morgan fingerprint density at radius 2 is 1.59 bits per heavy atom. The highest BCUT2D eigenvalue weighted by Gasteiger charge is 2.43. The molecule has 0 aliphatic carbocycles. The lowest BCUT2D eigenvalue weighted by atomic mass is 10.0. The summed E-state index contributed by atoms with van der Waals surface area (Å²) in [4.78, 5) is 45.5. The molecule has 1 N–H and O–H groups in total. The molecule has 2 aromatic heterocycles. The molecule has 1 fully saturated rings. The highest BCUT2D eigenvalue weighted by atomic mass is 32.2. The average Bonchev–Trinajstić information content (AvgIpc) is 3.50. The fraction of sp³-hybridized carbons (Fsp3) is 0.226. The molecule has 14 nitrogen and oxygen atoms in total. The third kappa shape index (κ3) is 5.83. The quantitative estimate of drug-likeness (QED) is 0.229. The summed E-state index contributed by atoms with van der Waals surface area (Å²) in [6, 6.07) is 19.1. The number of hydrogen-bond acceptors (Lipinski definition) is 9. The summed E-state index contributed by atoms with van der Waals surface area (Å²) in [5.41, 5.74) is 1.14. The van der Waals surface area contributed by atoms with E-state index in [2.05, 4.69) is 5.10 Å². The van der Waals surface area contributed by atoms with Gasteiger partial charge in [0.2, 0.25) is 12.1 Å². The van der Waals surface area contributed by atoms with E-state index in [1.807, 2.05) is 11.6 Å². The number of sulfonamides is 1. The minimum Gasteiger partial charge on any atom is -0.340 e. The van der Waals surface area contributed by atoms with Crippen molar-refractivity contribution in [2.24, 2.45) is 5.92 Å². The molecule has 3 aromatic carbocycles. The fourth-order valence-corrected chi connectivity index (χ4v) is 6.47. The van der Waals surface area contributed by atoms with Crippen LogP contribution < -0.4 is 14.6 Å². The van der Waals surface area contributed by atoms with E-state index in [4.69, 9.17) is 9.47 Å². The van der Waals surface area contributed by atoms with Gasteiger partial charge in [-0.05, 0) is 56.3 Å². The normalized spacial score (nSPS) is 15.8. The molecule has 5 aromatic rings. The van der Waals surface area contributed by atoms with Crippen LogP contribution in [0.1, 0.15) is 38.9 Å². The molecular weight excluding hydrogens is 671 g/mol. The van der Waals surface area contributed by atoms with E-state index < -0.39 is 51.8 Å². The van der Waals surface area contributed by atoms with E-state index in [0.717, 1.165) is 31.2 Å². The number of aryl methyl sites for hydroxylation is 1. The van der Waals surface area contributed by atoms with Crippen molar-refractivity contribution in [2.75, 3.05) is 18.1 Å². The van der Waals surface area contributed by atoms with Gasteiger partial charge < -0.3 is 4.84 Å². The van der Waals surface area contributed by atoms with Crippen LogP contribution in [0.4, 0.5) is 13.2 Å². The SMILES string of the molecule is Cc1ccc(-c2cc(C(F)(F)F)nn2-c2ccc(S(=O)(=O)NC(=O)C3CN(n4on4OC(C)N4C(=O)c5ccccc5C4=O)C3)cc2)cc1. The van der Waals surface area contributed by atoms with Crippen molar-refractivity contribution in [2.45, 2.75) is 31.1 Å². The second kappa shape index (κ2) is 11.4. The number of carbonyl (C=O) groups excluding carboxylic acids is 3. The van der Waals surface area contributed by atoms with E-state index in [0.29, 0.717) is 5.56 Å². The molecule has 0 spiro atoms. The number of nitrogens with one attached hydrogen (secondary N) is 1. The predicted octanol–water partition coefficient (Wildman–Crippen LogP) is 3.21.